The van der Waals surface area contributed by atoms with Crippen molar-refractivity contribution in [2.75, 3.05) is 13.7 Å². The van der Waals surface area contributed by atoms with E-state index in [0.29, 0.717) is 23.2 Å². The summed E-state index contributed by atoms with van der Waals surface area (Å²) in [7, 11) is 1.59. The molecule has 1 aliphatic rings. The van der Waals surface area contributed by atoms with Crippen molar-refractivity contribution in [2.45, 2.75) is 18.9 Å². The minimum atomic E-state index is -0.0966. The summed E-state index contributed by atoms with van der Waals surface area (Å²) >= 11 is 0. The maximum absolute atomic E-state index is 5.57. The Balaban J connectivity index is 1.79. The Morgan fingerprint density at radius 2 is 2.14 bits per heavy atom. The predicted molar refractivity (Wildman–Crippen MR) is 79.5 cm³/mol. The van der Waals surface area contributed by atoms with Gasteiger partial charge in [-0.15, -0.1) is 0 Å². The van der Waals surface area contributed by atoms with Gasteiger partial charge in [0.15, 0.2) is 0 Å². The van der Waals surface area contributed by atoms with Crippen LogP contribution >= 0.6 is 0 Å². The third-order valence-corrected chi connectivity index (χ3v) is 3.77. The highest BCUT2D eigenvalue weighted by Crippen LogP contribution is 2.32. The number of para-hydroxylation sites is 1. The van der Waals surface area contributed by atoms with Crippen LogP contribution in [0.1, 0.15) is 24.8 Å². The fraction of sp³-hybridized carbons (Fsp3) is 0.312. The molecule has 1 aromatic carbocycles. The van der Waals surface area contributed by atoms with E-state index >= 15 is 0 Å². The molecule has 0 amide bonds. The molecule has 1 aliphatic heterocycles. The first-order valence-electron chi connectivity index (χ1n) is 7.24. The van der Waals surface area contributed by atoms with Crippen LogP contribution in [-0.2, 0) is 4.74 Å². The molecule has 1 fully saturated rings. The van der Waals surface area contributed by atoms with E-state index in [9.17, 15) is 0 Å². The van der Waals surface area contributed by atoms with Gasteiger partial charge in [0.1, 0.15) is 6.10 Å². The molecular formula is C16H15N3O3. The van der Waals surface area contributed by atoms with Crippen molar-refractivity contribution in [2.24, 2.45) is 0 Å². The summed E-state index contributed by atoms with van der Waals surface area (Å²) in [6, 6.07) is 9.81. The van der Waals surface area contributed by atoms with E-state index in [1.807, 2.05) is 30.3 Å². The van der Waals surface area contributed by atoms with Gasteiger partial charge in [0.2, 0.25) is 11.7 Å². The van der Waals surface area contributed by atoms with E-state index in [1.54, 1.807) is 7.11 Å². The van der Waals surface area contributed by atoms with Crippen molar-refractivity contribution in [3.63, 3.8) is 0 Å². The fourth-order valence-corrected chi connectivity index (χ4v) is 2.66. The van der Waals surface area contributed by atoms with Crippen molar-refractivity contribution >= 4 is 10.9 Å². The zero-order valence-electron chi connectivity index (χ0n) is 12.2. The highest BCUT2D eigenvalue weighted by atomic mass is 16.5. The zero-order valence-corrected chi connectivity index (χ0v) is 12.2. The molecule has 112 valence electrons. The summed E-state index contributed by atoms with van der Waals surface area (Å²) < 4.78 is 16.3. The van der Waals surface area contributed by atoms with Gasteiger partial charge >= 0.3 is 0 Å². The van der Waals surface area contributed by atoms with Gasteiger partial charge in [0, 0.05) is 12.0 Å². The van der Waals surface area contributed by atoms with Crippen molar-refractivity contribution in [1.82, 2.24) is 15.1 Å². The lowest BCUT2D eigenvalue weighted by molar-refractivity contribution is 0.0835. The number of hydrogen-bond acceptors (Lipinski definition) is 6. The molecule has 0 radical (unpaired) electrons. The van der Waals surface area contributed by atoms with Crippen molar-refractivity contribution < 1.29 is 14.0 Å². The highest BCUT2D eigenvalue weighted by molar-refractivity contribution is 5.84. The Kier molecular flexibility index (Phi) is 3.23. The standard InChI is InChI=1S/C16H15N3O3/c1-20-15-11(9-10-5-2-3-6-12(10)17-15)14-18-16(22-19-14)13-7-4-8-21-13/h2-3,5-6,9,13H,4,7-8H2,1H3. The van der Waals surface area contributed by atoms with E-state index in [2.05, 4.69) is 15.1 Å². The lowest BCUT2D eigenvalue weighted by atomic mass is 10.1. The topological polar surface area (TPSA) is 70.3 Å². The molecule has 6 heteroatoms. The average Bonchev–Trinajstić information content (AvgIpc) is 3.24. The smallest absolute Gasteiger partial charge is 0.256 e. The number of nitrogens with zero attached hydrogens (tertiary/aromatic N) is 3. The fourth-order valence-electron chi connectivity index (χ4n) is 2.66. The molecule has 0 N–H and O–H groups in total. The van der Waals surface area contributed by atoms with Crippen LogP contribution in [0.2, 0.25) is 0 Å². The second-order valence-electron chi connectivity index (χ2n) is 5.20. The molecule has 0 aliphatic carbocycles. The number of benzene rings is 1. The van der Waals surface area contributed by atoms with Crippen LogP contribution in [0.15, 0.2) is 34.9 Å². The van der Waals surface area contributed by atoms with Crippen LogP contribution in [-0.4, -0.2) is 28.8 Å². The molecule has 0 saturated carbocycles. The maximum Gasteiger partial charge on any atom is 0.256 e. The normalized spacial score (nSPS) is 18.0. The minimum Gasteiger partial charge on any atom is -0.480 e. The van der Waals surface area contributed by atoms with Crippen LogP contribution in [0, 0.1) is 0 Å². The monoisotopic (exact) mass is 297 g/mol. The van der Waals surface area contributed by atoms with Crippen LogP contribution in [0.4, 0.5) is 0 Å². The zero-order chi connectivity index (χ0) is 14.9. The molecule has 1 unspecified atom stereocenters. The molecule has 1 atom stereocenters. The minimum absolute atomic E-state index is 0.0966. The second-order valence-corrected chi connectivity index (χ2v) is 5.20. The second kappa shape index (κ2) is 5.38. The Morgan fingerprint density at radius 1 is 1.23 bits per heavy atom. The van der Waals surface area contributed by atoms with Gasteiger partial charge in [-0.25, -0.2) is 4.98 Å². The summed E-state index contributed by atoms with van der Waals surface area (Å²) in [5.74, 6) is 1.47. The Labute approximate surface area is 127 Å². The summed E-state index contributed by atoms with van der Waals surface area (Å²) in [4.78, 5) is 8.96. The molecular weight excluding hydrogens is 282 g/mol. The molecule has 0 spiro atoms. The lowest BCUT2D eigenvalue weighted by Crippen LogP contribution is -1.97. The van der Waals surface area contributed by atoms with Gasteiger partial charge in [-0.1, -0.05) is 23.4 Å². The molecule has 4 rings (SSSR count). The van der Waals surface area contributed by atoms with Crippen molar-refractivity contribution in [1.29, 1.82) is 0 Å². The maximum atomic E-state index is 5.57. The number of ether oxygens (including phenoxy) is 2. The van der Waals surface area contributed by atoms with Gasteiger partial charge in [-0.2, -0.15) is 4.98 Å². The Hall–Kier alpha value is -2.47. The van der Waals surface area contributed by atoms with Crippen molar-refractivity contribution in [3.05, 3.63) is 36.2 Å². The first kappa shape index (κ1) is 13.2. The van der Waals surface area contributed by atoms with Crippen LogP contribution in [0.25, 0.3) is 22.3 Å². The van der Waals surface area contributed by atoms with E-state index in [0.717, 1.165) is 30.4 Å². The first-order valence-corrected chi connectivity index (χ1v) is 7.24. The van der Waals surface area contributed by atoms with Gasteiger partial charge in [-0.3, -0.25) is 0 Å². The van der Waals surface area contributed by atoms with Gasteiger partial charge < -0.3 is 14.0 Å². The first-order chi connectivity index (χ1) is 10.8. The van der Waals surface area contributed by atoms with E-state index in [1.165, 1.54) is 0 Å². The molecule has 3 aromatic rings. The molecule has 3 heterocycles. The molecule has 22 heavy (non-hydrogen) atoms. The third kappa shape index (κ3) is 2.21. The summed E-state index contributed by atoms with van der Waals surface area (Å²) in [5, 5.41) is 5.06. The summed E-state index contributed by atoms with van der Waals surface area (Å²) in [6.45, 7) is 0.739. The molecule has 2 aromatic heterocycles. The molecule has 0 bridgehead atoms. The van der Waals surface area contributed by atoms with Crippen LogP contribution in [0.3, 0.4) is 0 Å². The van der Waals surface area contributed by atoms with Crippen molar-refractivity contribution in [3.8, 4) is 17.3 Å². The predicted octanol–water partition coefficient (Wildman–Crippen LogP) is 3.14. The summed E-state index contributed by atoms with van der Waals surface area (Å²) in [6.07, 6.45) is 1.83. The van der Waals surface area contributed by atoms with Gasteiger partial charge in [0.25, 0.3) is 5.89 Å². The number of fused-ring (bicyclic) bond motifs is 1. The molecule has 1 saturated heterocycles. The van der Waals surface area contributed by atoms with Crippen LogP contribution in [0.5, 0.6) is 5.88 Å². The van der Waals surface area contributed by atoms with Gasteiger partial charge in [0.05, 0.1) is 18.2 Å². The summed E-state index contributed by atoms with van der Waals surface area (Å²) in [5.41, 5.74) is 1.58. The SMILES string of the molecule is COc1nc2ccccc2cc1-c1noc(C2CCCO2)n1. The average molecular weight is 297 g/mol. The van der Waals surface area contributed by atoms with E-state index < -0.39 is 0 Å². The highest BCUT2D eigenvalue weighted by Gasteiger charge is 2.25. The van der Waals surface area contributed by atoms with E-state index in [-0.39, 0.29) is 6.10 Å². The number of methoxy groups -OCH3 is 1. The Bertz CT molecular complexity index is 809. The number of hydrogen-bond donors (Lipinski definition) is 0. The number of pyridine rings is 1. The Morgan fingerprint density at radius 3 is 2.95 bits per heavy atom. The lowest BCUT2D eigenvalue weighted by Gasteiger charge is -2.06. The van der Waals surface area contributed by atoms with E-state index in [4.69, 9.17) is 14.0 Å². The third-order valence-electron chi connectivity index (χ3n) is 3.77. The quantitative estimate of drug-likeness (QED) is 0.739. The largest absolute Gasteiger partial charge is 0.480 e. The van der Waals surface area contributed by atoms with Gasteiger partial charge in [-0.05, 0) is 25.0 Å². The molecule has 6 nitrogen and oxygen atoms in total. The van der Waals surface area contributed by atoms with Crippen LogP contribution < -0.4 is 4.74 Å². The number of rotatable bonds is 3. The number of aromatic nitrogens is 3.